The molecule has 1 aliphatic carbocycles. The fourth-order valence-electron chi connectivity index (χ4n) is 4.81. The van der Waals surface area contributed by atoms with Gasteiger partial charge in [-0.25, -0.2) is 0 Å². The lowest BCUT2D eigenvalue weighted by molar-refractivity contribution is -0.135. The zero-order chi connectivity index (χ0) is 19.9. The molecule has 2 aliphatic heterocycles. The van der Waals surface area contributed by atoms with Crippen molar-refractivity contribution >= 4 is 11.8 Å². The van der Waals surface area contributed by atoms with Gasteiger partial charge in [-0.1, -0.05) is 13.8 Å². The molecule has 1 unspecified atom stereocenters. The summed E-state index contributed by atoms with van der Waals surface area (Å²) in [6.07, 6.45) is 8.27. The summed E-state index contributed by atoms with van der Waals surface area (Å²) in [7, 11) is 0. The monoisotopic (exact) mass is 393 g/mol. The quantitative estimate of drug-likeness (QED) is 0.654. The number of rotatable bonds is 9. The Bertz CT molecular complexity index is 513. The van der Waals surface area contributed by atoms with Gasteiger partial charge in [-0.2, -0.15) is 0 Å². The van der Waals surface area contributed by atoms with E-state index in [4.69, 9.17) is 4.74 Å². The van der Waals surface area contributed by atoms with Crippen LogP contribution in [-0.2, 0) is 14.3 Å². The molecule has 28 heavy (non-hydrogen) atoms. The van der Waals surface area contributed by atoms with E-state index >= 15 is 0 Å². The largest absolute Gasteiger partial charge is 0.381 e. The van der Waals surface area contributed by atoms with E-state index in [1.165, 1.54) is 0 Å². The Balaban J connectivity index is 1.58. The fraction of sp³-hybridized carbons (Fsp3) is 0.909. The maximum atomic E-state index is 12.6. The molecule has 160 valence electrons. The highest BCUT2D eigenvalue weighted by Gasteiger charge is 2.37. The highest BCUT2D eigenvalue weighted by Crippen LogP contribution is 2.32. The molecule has 6 nitrogen and oxygen atoms in total. The van der Waals surface area contributed by atoms with E-state index in [-0.39, 0.29) is 11.8 Å². The van der Waals surface area contributed by atoms with E-state index in [9.17, 15) is 9.59 Å². The fourth-order valence-corrected chi connectivity index (χ4v) is 4.81. The van der Waals surface area contributed by atoms with Crippen molar-refractivity contribution in [1.29, 1.82) is 0 Å². The van der Waals surface area contributed by atoms with Crippen LogP contribution in [0.15, 0.2) is 0 Å². The molecule has 0 aromatic heterocycles. The molecule has 1 saturated carbocycles. The molecule has 2 heterocycles. The van der Waals surface area contributed by atoms with Crippen molar-refractivity contribution < 1.29 is 14.3 Å². The summed E-state index contributed by atoms with van der Waals surface area (Å²) >= 11 is 0. The van der Waals surface area contributed by atoms with Gasteiger partial charge in [0.15, 0.2) is 0 Å². The van der Waals surface area contributed by atoms with Crippen LogP contribution in [0.1, 0.15) is 65.2 Å². The predicted octanol–water partition coefficient (Wildman–Crippen LogP) is 2.42. The van der Waals surface area contributed by atoms with Crippen molar-refractivity contribution in [3.63, 3.8) is 0 Å². The molecule has 3 aliphatic rings. The number of carbonyl (C=O) groups excluding carboxylic acids is 2. The van der Waals surface area contributed by atoms with Gasteiger partial charge in [0, 0.05) is 63.3 Å². The molecule has 0 spiro atoms. The second kappa shape index (κ2) is 10.6. The molecular weight excluding hydrogens is 354 g/mol. The van der Waals surface area contributed by atoms with E-state index in [1.54, 1.807) is 0 Å². The first-order valence-corrected chi connectivity index (χ1v) is 11.5. The first-order valence-electron chi connectivity index (χ1n) is 11.5. The van der Waals surface area contributed by atoms with Gasteiger partial charge in [-0.05, 0) is 51.4 Å². The molecule has 3 rings (SSSR count). The number of nitrogens with one attached hydrogen (secondary N) is 1. The van der Waals surface area contributed by atoms with Crippen molar-refractivity contribution in [2.45, 2.75) is 77.3 Å². The summed E-state index contributed by atoms with van der Waals surface area (Å²) < 4.78 is 5.58. The van der Waals surface area contributed by atoms with Crippen molar-refractivity contribution in [2.24, 2.45) is 11.8 Å². The third-order valence-electron chi connectivity index (χ3n) is 6.79. The number of nitrogens with zero attached hydrogens (tertiary/aromatic N) is 2. The zero-order valence-corrected chi connectivity index (χ0v) is 17.8. The zero-order valence-electron chi connectivity index (χ0n) is 17.8. The minimum atomic E-state index is 0.123. The lowest BCUT2D eigenvalue weighted by Gasteiger charge is -2.44. The highest BCUT2D eigenvalue weighted by molar-refractivity contribution is 5.81. The van der Waals surface area contributed by atoms with E-state index < -0.39 is 0 Å². The highest BCUT2D eigenvalue weighted by atomic mass is 16.5. The second-order valence-corrected chi connectivity index (χ2v) is 8.74. The van der Waals surface area contributed by atoms with Gasteiger partial charge in [0.1, 0.15) is 0 Å². The molecule has 2 saturated heterocycles. The second-order valence-electron chi connectivity index (χ2n) is 8.74. The average molecular weight is 394 g/mol. The minimum Gasteiger partial charge on any atom is -0.381 e. The predicted molar refractivity (Wildman–Crippen MR) is 110 cm³/mol. The van der Waals surface area contributed by atoms with Crippen LogP contribution in [0.25, 0.3) is 0 Å². The van der Waals surface area contributed by atoms with Crippen LogP contribution in [0.4, 0.5) is 0 Å². The van der Waals surface area contributed by atoms with Gasteiger partial charge in [-0.15, -0.1) is 0 Å². The van der Waals surface area contributed by atoms with Gasteiger partial charge in [-0.3, -0.25) is 14.5 Å². The van der Waals surface area contributed by atoms with Crippen LogP contribution in [0.2, 0.25) is 0 Å². The molecule has 0 aromatic carbocycles. The van der Waals surface area contributed by atoms with Crippen molar-refractivity contribution in [3.8, 4) is 0 Å². The summed E-state index contributed by atoms with van der Waals surface area (Å²) in [4.78, 5) is 29.6. The number of amides is 2. The number of piperidine rings is 1. The van der Waals surface area contributed by atoms with Crippen LogP contribution >= 0.6 is 0 Å². The minimum absolute atomic E-state index is 0.123. The average Bonchev–Trinajstić information content (AvgIpc) is 3.58. The summed E-state index contributed by atoms with van der Waals surface area (Å²) in [6.45, 7) is 9.13. The van der Waals surface area contributed by atoms with Gasteiger partial charge in [0.05, 0.1) is 0 Å². The molecule has 1 N–H and O–H groups in total. The van der Waals surface area contributed by atoms with E-state index in [2.05, 4.69) is 29.0 Å². The van der Waals surface area contributed by atoms with Crippen LogP contribution in [-0.4, -0.2) is 73.1 Å². The molecule has 0 aromatic rings. The Kier molecular flexibility index (Phi) is 8.15. The standard InChI is InChI=1S/C22H39N3O3/c1-3-17(4-2)21(26)23-11-13-25(19-9-14-28-15-10-19)20-6-5-12-24(16-20)22(27)18-7-8-18/h17-20H,3-16H2,1-2H3,(H,23,26). The number of carbonyl (C=O) groups is 2. The summed E-state index contributed by atoms with van der Waals surface area (Å²) in [5, 5.41) is 3.16. The molecule has 6 heteroatoms. The first kappa shape index (κ1) is 21.6. The molecule has 3 fully saturated rings. The molecule has 0 bridgehead atoms. The van der Waals surface area contributed by atoms with Crippen LogP contribution in [0, 0.1) is 11.8 Å². The van der Waals surface area contributed by atoms with Crippen molar-refractivity contribution in [3.05, 3.63) is 0 Å². The Labute approximate surface area is 170 Å². The third kappa shape index (κ3) is 5.69. The van der Waals surface area contributed by atoms with E-state index in [0.717, 1.165) is 84.2 Å². The Morgan fingerprint density at radius 2 is 1.79 bits per heavy atom. The SMILES string of the molecule is CCC(CC)C(=O)NCCN(C1CCOCC1)C1CCCN(C(=O)C2CC2)C1. The molecule has 0 radical (unpaired) electrons. The number of likely N-dealkylation sites (tertiary alicyclic amines) is 1. The van der Waals surface area contributed by atoms with Crippen molar-refractivity contribution in [2.75, 3.05) is 39.4 Å². The third-order valence-corrected chi connectivity index (χ3v) is 6.79. The lowest BCUT2D eigenvalue weighted by atomic mass is 9.98. The summed E-state index contributed by atoms with van der Waals surface area (Å²) in [5.41, 5.74) is 0. The Morgan fingerprint density at radius 3 is 2.43 bits per heavy atom. The maximum absolute atomic E-state index is 12.6. The van der Waals surface area contributed by atoms with Gasteiger partial charge >= 0.3 is 0 Å². The van der Waals surface area contributed by atoms with Crippen LogP contribution < -0.4 is 5.32 Å². The maximum Gasteiger partial charge on any atom is 0.225 e. The first-order chi connectivity index (χ1) is 13.6. The van der Waals surface area contributed by atoms with Crippen LogP contribution in [0.3, 0.4) is 0 Å². The number of ether oxygens (including phenoxy) is 1. The normalized spacial score (nSPS) is 24.0. The van der Waals surface area contributed by atoms with Gasteiger partial charge in [0.25, 0.3) is 0 Å². The summed E-state index contributed by atoms with van der Waals surface area (Å²) in [6, 6.07) is 0.907. The number of hydrogen-bond acceptors (Lipinski definition) is 4. The number of hydrogen-bond donors (Lipinski definition) is 1. The molecule has 2 amide bonds. The smallest absolute Gasteiger partial charge is 0.225 e. The van der Waals surface area contributed by atoms with Crippen LogP contribution in [0.5, 0.6) is 0 Å². The summed E-state index contributed by atoms with van der Waals surface area (Å²) in [5.74, 6) is 0.984. The topological polar surface area (TPSA) is 61.9 Å². The molecule has 1 atom stereocenters. The van der Waals surface area contributed by atoms with E-state index in [0.29, 0.717) is 30.5 Å². The van der Waals surface area contributed by atoms with E-state index in [1.807, 2.05) is 0 Å². The van der Waals surface area contributed by atoms with Crippen molar-refractivity contribution in [1.82, 2.24) is 15.1 Å². The Hall–Kier alpha value is -1.14. The van der Waals surface area contributed by atoms with Gasteiger partial charge < -0.3 is 15.0 Å². The Morgan fingerprint density at radius 1 is 1.07 bits per heavy atom. The van der Waals surface area contributed by atoms with Gasteiger partial charge in [0.2, 0.25) is 11.8 Å². The lowest BCUT2D eigenvalue weighted by Crippen LogP contribution is -2.55. The molecular formula is C22H39N3O3.